The van der Waals surface area contributed by atoms with Gasteiger partial charge in [-0.2, -0.15) is 5.26 Å². The Morgan fingerprint density at radius 2 is 1.74 bits per heavy atom. The molecule has 19 heavy (non-hydrogen) atoms. The van der Waals surface area contributed by atoms with Crippen molar-refractivity contribution in [2.75, 3.05) is 19.6 Å². The number of rotatable bonds is 4. The van der Waals surface area contributed by atoms with Crippen LogP contribution >= 0.6 is 0 Å². The maximum atomic E-state index is 9.21. The van der Waals surface area contributed by atoms with Crippen LogP contribution in [0.15, 0.2) is 0 Å². The van der Waals surface area contributed by atoms with E-state index in [1.165, 1.54) is 58.0 Å². The molecule has 1 aliphatic carbocycles. The van der Waals surface area contributed by atoms with Crippen molar-refractivity contribution in [3.8, 4) is 6.07 Å². The molecule has 1 unspecified atom stereocenters. The Morgan fingerprint density at radius 1 is 1.11 bits per heavy atom. The van der Waals surface area contributed by atoms with Crippen molar-refractivity contribution in [1.29, 1.82) is 5.26 Å². The van der Waals surface area contributed by atoms with Crippen LogP contribution in [-0.2, 0) is 0 Å². The quantitative estimate of drug-likeness (QED) is 0.847. The standard InChI is InChI=1S/C16H29N3/c1-14(2)18-15(12-17)13-19-10-8-16(9-11-19)6-4-3-5-7-16/h14-15,18H,3-11,13H2,1-2H3. The first-order valence-electron chi connectivity index (χ1n) is 8.02. The fraction of sp³-hybridized carbons (Fsp3) is 0.938. The zero-order valence-corrected chi connectivity index (χ0v) is 12.6. The van der Waals surface area contributed by atoms with Crippen molar-refractivity contribution >= 4 is 0 Å². The van der Waals surface area contributed by atoms with Crippen molar-refractivity contribution in [3.05, 3.63) is 0 Å². The number of hydrogen-bond acceptors (Lipinski definition) is 3. The lowest BCUT2D eigenvalue weighted by Gasteiger charge is -2.44. The molecule has 0 aromatic heterocycles. The first-order valence-corrected chi connectivity index (χ1v) is 8.02. The predicted octanol–water partition coefficient (Wildman–Crippen LogP) is 2.92. The largest absolute Gasteiger partial charge is 0.301 e. The highest BCUT2D eigenvalue weighted by Crippen LogP contribution is 2.44. The van der Waals surface area contributed by atoms with E-state index in [1.807, 2.05) is 0 Å². The van der Waals surface area contributed by atoms with Crippen LogP contribution in [0.2, 0.25) is 0 Å². The van der Waals surface area contributed by atoms with E-state index >= 15 is 0 Å². The van der Waals surface area contributed by atoms with E-state index in [2.05, 4.69) is 30.1 Å². The van der Waals surface area contributed by atoms with Gasteiger partial charge in [0.05, 0.1) is 6.07 Å². The minimum atomic E-state index is -0.0135. The highest BCUT2D eigenvalue weighted by Gasteiger charge is 2.35. The third-order valence-corrected chi connectivity index (χ3v) is 4.96. The Hall–Kier alpha value is -0.590. The van der Waals surface area contributed by atoms with Crippen LogP contribution < -0.4 is 5.32 Å². The maximum absolute atomic E-state index is 9.21. The molecule has 0 aromatic carbocycles. The third-order valence-electron chi connectivity index (χ3n) is 4.96. The molecule has 2 rings (SSSR count). The first kappa shape index (κ1) is 14.8. The van der Waals surface area contributed by atoms with E-state index in [4.69, 9.17) is 0 Å². The predicted molar refractivity (Wildman–Crippen MR) is 78.9 cm³/mol. The molecule has 2 fully saturated rings. The Balaban J connectivity index is 1.78. The summed E-state index contributed by atoms with van der Waals surface area (Å²) < 4.78 is 0. The van der Waals surface area contributed by atoms with Gasteiger partial charge in [-0.05, 0) is 58.0 Å². The lowest BCUT2D eigenvalue weighted by atomic mass is 9.68. The van der Waals surface area contributed by atoms with E-state index in [-0.39, 0.29) is 6.04 Å². The number of hydrogen-bond donors (Lipinski definition) is 1. The Labute approximate surface area is 118 Å². The molecule has 0 amide bonds. The smallest absolute Gasteiger partial charge is 0.108 e. The number of piperidine rings is 1. The molecular weight excluding hydrogens is 234 g/mol. The van der Waals surface area contributed by atoms with Gasteiger partial charge in [0.1, 0.15) is 6.04 Å². The topological polar surface area (TPSA) is 39.1 Å². The zero-order chi connectivity index (χ0) is 13.7. The van der Waals surface area contributed by atoms with Crippen molar-refractivity contribution in [3.63, 3.8) is 0 Å². The van der Waals surface area contributed by atoms with E-state index in [0.29, 0.717) is 11.5 Å². The molecule has 0 radical (unpaired) electrons. The van der Waals surface area contributed by atoms with Crippen LogP contribution in [0.25, 0.3) is 0 Å². The van der Waals surface area contributed by atoms with Gasteiger partial charge >= 0.3 is 0 Å². The second-order valence-corrected chi connectivity index (χ2v) is 6.86. The summed E-state index contributed by atoms with van der Waals surface area (Å²) in [5.74, 6) is 0. The van der Waals surface area contributed by atoms with Gasteiger partial charge in [-0.1, -0.05) is 19.3 Å². The molecule has 3 heteroatoms. The van der Waals surface area contributed by atoms with E-state index in [0.717, 1.165) is 6.54 Å². The van der Waals surface area contributed by atoms with Crippen LogP contribution in [0.1, 0.15) is 58.8 Å². The van der Waals surface area contributed by atoms with Gasteiger partial charge in [0.25, 0.3) is 0 Å². The Kier molecular flexibility index (Phi) is 5.24. The summed E-state index contributed by atoms with van der Waals surface area (Å²) in [7, 11) is 0. The summed E-state index contributed by atoms with van der Waals surface area (Å²) in [5.41, 5.74) is 0.669. The lowest BCUT2D eigenvalue weighted by Crippen LogP contribution is -2.48. The fourth-order valence-electron chi connectivity index (χ4n) is 3.80. The lowest BCUT2D eigenvalue weighted by molar-refractivity contribution is 0.0652. The minimum absolute atomic E-state index is 0.0135. The average Bonchev–Trinajstić information content (AvgIpc) is 2.41. The van der Waals surface area contributed by atoms with E-state index in [9.17, 15) is 5.26 Å². The van der Waals surface area contributed by atoms with E-state index < -0.39 is 0 Å². The third kappa shape index (κ3) is 4.19. The molecule has 1 aliphatic heterocycles. The molecule has 1 spiro atoms. The van der Waals surface area contributed by atoms with Crippen molar-refractivity contribution in [2.45, 2.75) is 70.9 Å². The fourth-order valence-corrected chi connectivity index (χ4v) is 3.80. The minimum Gasteiger partial charge on any atom is -0.301 e. The molecule has 3 nitrogen and oxygen atoms in total. The number of nitrogens with one attached hydrogen (secondary N) is 1. The summed E-state index contributed by atoms with van der Waals surface area (Å²) in [5, 5.41) is 12.6. The van der Waals surface area contributed by atoms with Crippen molar-refractivity contribution < 1.29 is 0 Å². The van der Waals surface area contributed by atoms with Crippen LogP contribution in [0.3, 0.4) is 0 Å². The van der Waals surface area contributed by atoms with Crippen LogP contribution in [-0.4, -0.2) is 36.6 Å². The monoisotopic (exact) mass is 263 g/mol. The van der Waals surface area contributed by atoms with Gasteiger partial charge < -0.3 is 4.90 Å². The summed E-state index contributed by atoms with van der Waals surface area (Å²) in [6.07, 6.45) is 9.94. The molecule has 108 valence electrons. The summed E-state index contributed by atoms with van der Waals surface area (Å²) in [4.78, 5) is 2.49. The summed E-state index contributed by atoms with van der Waals surface area (Å²) in [6, 6.07) is 2.77. The van der Waals surface area contributed by atoms with Gasteiger partial charge in [0.15, 0.2) is 0 Å². The van der Waals surface area contributed by atoms with Gasteiger partial charge in [-0.3, -0.25) is 5.32 Å². The molecule has 0 bridgehead atoms. The molecule has 1 heterocycles. The molecule has 0 aromatic rings. The molecular formula is C16H29N3. The second-order valence-electron chi connectivity index (χ2n) is 6.86. The molecule has 2 aliphatic rings. The summed E-state index contributed by atoms with van der Waals surface area (Å²) >= 11 is 0. The second kappa shape index (κ2) is 6.72. The zero-order valence-electron chi connectivity index (χ0n) is 12.6. The molecule has 1 saturated heterocycles. The average molecular weight is 263 g/mol. The maximum Gasteiger partial charge on any atom is 0.108 e. The Bertz CT molecular complexity index is 302. The first-order chi connectivity index (χ1) is 9.13. The van der Waals surface area contributed by atoms with Crippen LogP contribution in [0.5, 0.6) is 0 Å². The Morgan fingerprint density at radius 3 is 2.26 bits per heavy atom. The van der Waals surface area contributed by atoms with Gasteiger partial charge in [-0.15, -0.1) is 0 Å². The molecule has 1 saturated carbocycles. The number of nitrogens with zero attached hydrogens (tertiary/aromatic N) is 2. The normalized spacial score (nSPS) is 25.4. The van der Waals surface area contributed by atoms with Gasteiger partial charge in [0, 0.05) is 12.6 Å². The van der Waals surface area contributed by atoms with E-state index in [1.54, 1.807) is 0 Å². The SMILES string of the molecule is CC(C)NC(C#N)CN1CCC2(CCCCC2)CC1. The van der Waals surface area contributed by atoms with Gasteiger partial charge in [0.2, 0.25) is 0 Å². The van der Waals surface area contributed by atoms with Gasteiger partial charge in [-0.25, -0.2) is 0 Å². The van der Waals surface area contributed by atoms with Crippen molar-refractivity contribution in [1.82, 2.24) is 10.2 Å². The molecule has 1 atom stereocenters. The highest BCUT2D eigenvalue weighted by molar-refractivity contribution is 4.95. The van der Waals surface area contributed by atoms with Crippen LogP contribution in [0.4, 0.5) is 0 Å². The highest BCUT2D eigenvalue weighted by atomic mass is 15.2. The number of nitriles is 1. The van der Waals surface area contributed by atoms with Crippen LogP contribution in [0, 0.1) is 16.7 Å². The number of likely N-dealkylation sites (tertiary alicyclic amines) is 1. The molecule has 1 N–H and O–H groups in total. The van der Waals surface area contributed by atoms with Crippen molar-refractivity contribution in [2.24, 2.45) is 5.41 Å². The summed E-state index contributed by atoms with van der Waals surface area (Å²) in [6.45, 7) is 7.50.